The Hall–Kier alpha value is -2.16. The van der Waals surface area contributed by atoms with Crippen molar-refractivity contribution >= 4 is 23.6 Å². The van der Waals surface area contributed by atoms with E-state index in [0.29, 0.717) is 32.5 Å². The number of alkyl carbamates (subject to hydrolysis) is 1. The number of nitrogens with one attached hydrogen (secondary N) is 1. The van der Waals surface area contributed by atoms with Crippen molar-refractivity contribution in [3.05, 3.63) is 28.8 Å². The van der Waals surface area contributed by atoms with Gasteiger partial charge in [0.1, 0.15) is 12.4 Å². The lowest BCUT2D eigenvalue weighted by Gasteiger charge is -2.47. The van der Waals surface area contributed by atoms with Crippen LogP contribution in [0.2, 0.25) is 5.02 Å². The van der Waals surface area contributed by atoms with Gasteiger partial charge in [-0.25, -0.2) is 4.79 Å². The van der Waals surface area contributed by atoms with Gasteiger partial charge < -0.3 is 19.7 Å². The molecule has 28 heavy (non-hydrogen) atoms. The summed E-state index contributed by atoms with van der Waals surface area (Å²) < 4.78 is 48.4. The molecule has 2 saturated heterocycles. The Kier molecular flexibility index (Phi) is 4.60. The zero-order valence-corrected chi connectivity index (χ0v) is 15.5. The lowest BCUT2D eigenvalue weighted by molar-refractivity contribution is -0.148. The maximum atomic E-state index is 12.6. The standard InChI is InChI=1S/C18H18ClF3N2O4/c19-13-3-12(18(20,21)22)1-2-14(13)27-8-10-6-24(7-10)15(25)11-4-17(5-11)9-28-16(26)23-17/h1-3,10-11H,4-9H2,(H,23,26). The number of rotatable bonds is 4. The maximum Gasteiger partial charge on any atom is 0.416 e. The number of ether oxygens (including phenoxy) is 2. The minimum absolute atomic E-state index is 0.0515. The third-order valence-corrected chi connectivity index (χ3v) is 5.77. The Balaban J connectivity index is 1.21. The first-order valence-corrected chi connectivity index (χ1v) is 9.26. The van der Waals surface area contributed by atoms with Crippen LogP contribution in [0.15, 0.2) is 18.2 Å². The number of nitrogens with zero attached hydrogens (tertiary/aromatic N) is 1. The Morgan fingerprint density at radius 2 is 2.07 bits per heavy atom. The molecule has 2 aliphatic heterocycles. The van der Waals surface area contributed by atoms with Gasteiger partial charge in [0.15, 0.2) is 0 Å². The second-order valence-corrected chi connectivity index (χ2v) is 8.06. The van der Waals surface area contributed by atoms with Gasteiger partial charge in [0.05, 0.1) is 22.7 Å². The van der Waals surface area contributed by atoms with E-state index in [9.17, 15) is 22.8 Å². The number of benzene rings is 1. The van der Waals surface area contributed by atoms with Crippen LogP contribution >= 0.6 is 11.6 Å². The molecule has 6 nitrogen and oxygen atoms in total. The molecule has 4 rings (SSSR count). The van der Waals surface area contributed by atoms with Crippen molar-refractivity contribution < 1.29 is 32.2 Å². The Morgan fingerprint density at radius 3 is 2.64 bits per heavy atom. The molecule has 1 aliphatic carbocycles. The largest absolute Gasteiger partial charge is 0.492 e. The summed E-state index contributed by atoms with van der Waals surface area (Å²) in [7, 11) is 0. The summed E-state index contributed by atoms with van der Waals surface area (Å²) in [6.07, 6.45) is -3.73. The average Bonchev–Trinajstić information content (AvgIpc) is 2.94. The van der Waals surface area contributed by atoms with E-state index in [1.165, 1.54) is 6.07 Å². The highest BCUT2D eigenvalue weighted by atomic mass is 35.5. The van der Waals surface area contributed by atoms with Gasteiger partial charge in [-0.05, 0) is 31.0 Å². The molecule has 152 valence electrons. The number of amides is 2. The smallest absolute Gasteiger partial charge is 0.416 e. The van der Waals surface area contributed by atoms with Gasteiger partial charge in [-0.15, -0.1) is 0 Å². The van der Waals surface area contributed by atoms with Crippen molar-refractivity contribution in [3.8, 4) is 5.75 Å². The first-order chi connectivity index (χ1) is 13.2. The summed E-state index contributed by atoms with van der Waals surface area (Å²) in [5.41, 5.74) is -1.21. The minimum Gasteiger partial charge on any atom is -0.492 e. The van der Waals surface area contributed by atoms with Crippen LogP contribution in [0.1, 0.15) is 18.4 Å². The number of carbonyl (C=O) groups excluding carboxylic acids is 2. The number of carbonyl (C=O) groups is 2. The number of hydrogen-bond acceptors (Lipinski definition) is 4. The first kappa shape index (κ1) is 19.2. The molecule has 1 aromatic rings. The quantitative estimate of drug-likeness (QED) is 0.816. The SMILES string of the molecule is O=C1NC2(CO1)CC(C(=O)N1CC(COc3ccc(C(F)(F)F)cc3Cl)C1)C2. The lowest BCUT2D eigenvalue weighted by atomic mass is 9.68. The van der Waals surface area contributed by atoms with Crippen molar-refractivity contribution in [2.24, 2.45) is 11.8 Å². The third-order valence-electron chi connectivity index (χ3n) is 5.47. The Morgan fingerprint density at radius 1 is 1.36 bits per heavy atom. The van der Waals surface area contributed by atoms with E-state index in [-0.39, 0.29) is 40.7 Å². The fourth-order valence-electron chi connectivity index (χ4n) is 3.89. The van der Waals surface area contributed by atoms with Crippen LogP contribution in [0.4, 0.5) is 18.0 Å². The second kappa shape index (κ2) is 6.72. The predicted molar refractivity (Wildman–Crippen MR) is 92.0 cm³/mol. The van der Waals surface area contributed by atoms with E-state index in [4.69, 9.17) is 21.1 Å². The molecule has 3 fully saturated rings. The van der Waals surface area contributed by atoms with Gasteiger partial charge in [0.2, 0.25) is 5.91 Å². The summed E-state index contributed by atoms with van der Waals surface area (Å²) in [6.45, 7) is 1.64. The van der Waals surface area contributed by atoms with Crippen LogP contribution in [-0.4, -0.2) is 48.7 Å². The van der Waals surface area contributed by atoms with Gasteiger partial charge in [-0.2, -0.15) is 13.2 Å². The zero-order valence-electron chi connectivity index (χ0n) is 14.7. The van der Waals surface area contributed by atoms with E-state index in [0.717, 1.165) is 12.1 Å². The fraction of sp³-hybridized carbons (Fsp3) is 0.556. The second-order valence-electron chi connectivity index (χ2n) is 7.65. The number of hydrogen-bond donors (Lipinski definition) is 1. The van der Waals surface area contributed by atoms with Gasteiger partial charge in [0.25, 0.3) is 0 Å². The van der Waals surface area contributed by atoms with Crippen LogP contribution in [0, 0.1) is 11.8 Å². The molecule has 1 saturated carbocycles. The van der Waals surface area contributed by atoms with Crippen LogP contribution in [-0.2, 0) is 15.7 Å². The molecule has 0 unspecified atom stereocenters. The summed E-state index contributed by atoms with van der Waals surface area (Å²) in [6, 6.07) is 2.97. The maximum absolute atomic E-state index is 12.6. The van der Waals surface area contributed by atoms with Crippen LogP contribution in [0.3, 0.4) is 0 Å². The molecular formula is C18H18ClF3N2O4. The fourth-order valence-corrected chi connectivity index (χ4v) is 4.12. The summed E-state index contributed by atoms with van der Waals surface area (Å²) in [5, 5.41) is 2.66. The Labute approximate surface area is 163 Å². The normalized spacial score (nSPS) is 27.1. The van der Waals surface area contributed by atoms with Crippen LogP contribution in [0.25, 0.3) is 0 Å². The third kappa shape index (κ3) is 3.59. The van der Waals surface area contributed by atoms with Crippen molar-refractivity contribution in [2.45, 2.75) is 24.6 Å². The van der Waals surface area contributed by atoms with Crippen molar-refractivity contribution in [1.82, 2.24) is 10.2 Å². The lowest BCUT2D eigenvalue weighted by Crippen LogP contribution is -2.61. The molecule has 1 N–H and O–H groups in total. The minimum atomic E-state index is -4.45. The molecule has 0 aromatic heterocycles. The molecular weight excluding hydrogens is 401 g/mol. The van der Waals surface area contributed by atoms with E-state index in [2.05, 4.69) is 5.32 Å². The number of halogens is 4. The topological polar surface area (TPSA) is 67.9 Å². The molecule has 10 heteroatoms. The first-order valence-electron chi connectivity index (χ1n) is 8.88. The zero-order chi connectivity index (χ0) is 20.1. The predicted octanol–water partition coefficient (Wildman–Crippen LogP) is 3.08. The van der Waals surface area contributed by atoms with E-state index in [1.807, 2.05) is 0 Å². The van der Waals surface area contributed by atoms with E-state index in [1.54, 1.807) is 4.90 Å². The number of likely N-dealkylation sites (tertiary alicyclic amines) is 1. The van der Waals surface area contributed by atoms with Gasteiger partial charge in [-0.1, -0.05) is 11.6 Å². The number of cyclic esters (lactones) is 1. The van der Waals surface area contributed by atoms with Gasteiger partial charge >= 0.3 is 12.3 Å². The molecule has 2 heterocycles. The van der Waals surface area contributed by atoms with Crippen molar-refractivity contribution in [1.29, 1.82) is 0 Å². The molecule has 0 bridgehead atoms. The highest BCUT2D eigenvalue weighted by Crippen LogP contribution is 2.42. The number of alkyl halides is 3. The van der Waals surface area contributed by atoms with E-state index < -0.39 is 17.8 Å². The molecule has 0 atom stereocenters. The molecule has 1 aromatic carbocycles. The van der Waals surface area contributed by atoms with Gasteiger partial charge in [0, 0.05) is 24.9 Å². The van der Waals surface area contributed by atoms with Crippen molar-refractivity contribution in [3.63, 3.8) is 0 Å². The monoisotopic (exact) mass is 418 g/mol. The molecule has 1 spiro atoms. The summed E-state index contributed by atoms with van der Waals surface area (Å²) in [5.74, 6) is 0.229. The molecule has 3 aliphatic rings. The highest BCUT2D eigenvalue weighted by Gasteiger charge is 2.54. The molecule has 2 amide bonds. The highest BCUT2D eigenvalue weighted by molar-refractivity contribution is 6.32. The summed E-state index contributed by atoms with van der Waals surface area (Å²) in [4.78, 5) is 25.3. The van der Waals surface area contributed by atoms with Gasteiger partial charge in [-0.3, -0.25) is 4.79 Å². The average molecular weight is 419 g/mol. The van der Waals surface area contributed by atoms with E-state index >= 15 is 0 Å². The summed E-state index contributed by atoms with van der Waals surface area (Å²) >= 11 is 5.87. The molecule has 0 radical (unpaired) electrons. The van der Waals surface area contributed by atoms with Crippen molar-refractivity contribution in [2.75, 3.05) is 26.3 Å². The van der Waals surface area contributed by atoms with Crippen LogP contribution in [0.5, 0.6) is 5.75 Å². The Bertz CT molecular complexity index is 805. The van der Waals surface area contributed by atoms with Crippen LogP contribution < -0.4 is 10.1 Å².